The summed E-state index contributed by atoms with van der Waals surface area (Å²) in [4.78, 5) is 12.0. The van der Waals surface area contributed by atoms with Crippen LogP contribution in [0.15, 0.2) is 66.9 Å². The van der Waals surface area contributed by atoms with Crippen LogP contribution in [0.2, 0.25) is 5.02 Å². The summed E-state index contributed by atoms with van der Waals surface area (Å²) in [6, 6.07) is 15.1. The van der Waals surface area contributed by atoms with Crippen LogP contribution in [0, 0.1) is 0 Å². The Kier molecular flexibility index (Phi) is 7.05. The van der Waals surface area contributed by atoms with E-state index in [0.29, 0.717) is 10.6 Å². The second-order valence-corrected chi connectivity index (χ2v) is 5.55. The summed E-state index contributed by atoms with van der Waals surface area (Å²) in [5.74, 6) is -0.445. The maximum absolute atomic E-state index is 12.0. The molecule has 25 heavy (non-hydrogen) atoms. The van der Waals surface area contributed by atoms with Crippen molar-refractivity contribution in [2.24, 2.45) is 0 Å². The molecule has 0 saturated carbocycles. The smallest absolute Gasteiger partial charge is 0.341 e. The van der Waals surface area contributed by atoms with Gasteiger partial charge in [-0.25, -0.2) is 4.79 Å². The predicted molar refractivity (Wildman–Crippen MR) is 103 cm³/mol. The second kappa shape index (κ2) is 9.50. The van der Waals surface area contributed by atoms with E-state index >= 15 is 0 Å². The zero-order valence-electron chi connectivity index (χ0n) is 14.1. The molecule has 0 bridgehead atoms. The third kappa shape index (κ3) is 5.37. The molecule has 2 aromatic rings. The number of allylic oxidation sites excluding steroid dienone is 2. The second-order valence-electron chi connectivity index (χ2n) is 5.12. The molecule has 0 aliphatic heterocycles. The molecule has 0 unspecified atom stereocenters. The molecule has 0 aliphatic carbocycles. The number of methoxy groups -OCH3 is 2. The maximum atomic E-state index is 12.0. The van der Waals surface area contributed by atoms with Gasteiger partial charge in [0.2, 0.25) is 0 Å². The Morgan fingerprint density at radius 1 is 0.960 bits per heavy atom. The quantitative estimate of drug-likeness (QED) is 0.308. The van der Waals surface area contributed by atoms with E-state index in [0.717, 1.165) is 16.7 Å². The Balaban J connectivity index is 2.23. The van der Waals surface area contributed by atoms with Crippen LogP contribution in [0.1, 0.15) is 16.7 Å². The molecule has 0 fully saturated rings. The Bertz CT molecular complexity index is 802. The molecule has 4 heteroatoms. The SMILES string of the molecule is CO/C=C(/C(=O)OC)c1ccccc1/C=C/C=C/c1ccc(Cl)cc1. The van der Waals surface area contributed by atoms with E-state index in [1.54, 1.807) is 0 Å². The Morgan fingerprint density at radius 2 is 1.64 bits per heavy atom. The molecule has 128 valence electrons. The van der Waals surface area contributed by atoms with Crippen LogP contribution in [0.4, 0.5) is 0 Å². The predicted octanol–water partition coefficient (Wildman–Crippen LogP) is 5.23. The number of halogens is 1. The third-order valence-electron chi connectivity index (χ3n) is 3.44. The van der Waals surface area contributed by atoms with Gasteiger partial charge in [0.05, 0.1) is 20.5 Å². The number of hydrogen-bond donors (Lipinski definition) is 0. The average Bonchev–Trinajstić information content (AvgIpc) is 2.64. The number of rotatable bonds is 6. The summed E-state index contributed by atoms with van der Waals surface area (Å²) >= 11 is 5.87. The van der Waals surface area contributed by atoms with Gasteiger partial charge in [-0.2, -0.15) is 0 Å². The van der Waals surface area contributed by atoms with E-state index in [1.807, 2.05) is 72.8 Å². The van der Waals surface area contributed by atoms with E-state index < -0.39 is 5.97 Å². The Morgan fingerprint density at radius 3 is 2.32 bits per heavy atom. The first-order valence-electron chi connectivity index (χ1n) is 7.66. The minimum absolute atomic E-state index is 0.368. The first kappa shape index (κ1) is 18.6. The monoisotopic (exact) mass is 354 g/mol. The lowest BCUT2D eigenvalue weighted by atomic mass is 10.00. The topological polar surface area (TPSA) is 35.5 Å². The summed E-state index contributed by atoms with van der Waals surface area (Å²) in [5.41, 5.74) is 3.05. The molecule has 3 nitrogen and oxygen atoms in total. The van der Waals surface area contributed by atoms with Gasteiger partial charge >= 0.3 is 5.97 Å². The molecule has 0 amide bonds. The molecule has 0 N–H and O–H groups in total. The first-order chi connectivity index (χ1) is 12.2. The van der Waals surface area contributed by atoms with E-state index in [9.17, 15) is 4.79 Å². The van der Waals surface area contributed by atoms with Crippen molar-refractivity contribution in [3.63, 3.8) is 0 Å². The molecule has 2 rings (SSSR count). The fourth-order valence-electron chi connectivity index (χ4n) is 2.24. The summed E-state index contributed by atoms with van der Waals surface area (Å²) < 4.78 is 9.85. The van der Waals surface area contributed by atoms with Crippen molar-refractivity contribution in [3.05, 3.63) is 88.7 Å². The first-order valence-corrected chi connectivity index (χ1v) is 8.04. The van der Waals surface area contributed by atoms with Crippen molar-refractivity contribution < 1.29 is 14.3 Å². The fourth-order valence-corrected chi connectivity index (χ4v) is 2.36. The van der Waals surface area contributed by atoms with Crippen LogP contribution in [0.5, 0.6) is 0 Å². The summed E-state index contributed by atoms with van der Waals surface area (Å²) in [6.07, 6.45) is 9.13. The highest BCUT2D eigenvalue weighted by Gasteiger charge is 2.15. The van der Waals surface area contributed by atoms with Gasteiger partial charge in [-0.3, -0.25) is 0 Å². The van der Waals surface area contributed by atoms with Gasteiger partial charge in [-0.15, -0.1) is 0 Å². The van der Waals surface area contributed by atoms with E-state index in [-0.39, 0.29) is 0 Å². The van der Waals surface area contributed by atoms with Crippen LogP contribution in [-0.4, -0.2) is 20.2 Å². The molecule has 2 aromatic carbocycles. The minimum Gasteiger partial charge on any atom is -0.503 e. The van der Waals surface area contributed by atoms with E-state index in [1.165, 1.54) is 20.5 Å². The van der Waals surface area contributed by atoms with Crippen molar-refractivity contribution in [2.45, 2.75) is 0 Å². The Labute approximate surface area is 152 Å². The van der Waals surface area contributed by atoms with E-state index in [2.05, 4.69) is 0 Å². The van der Waals surface area contributed by atoms with Crippen molar-refractivity contribution >= 4 is 35.3 Å². The van der Waals surface area contributed by atoms with Crippen LogP contribution < -0.4 is 0 Å². The highest BCUT2D eigenvalue weighted by molar-refractivity contribution is 6.30. The van der Waals surface area contributed by atoms with Crippen molar-refractivity contribution in [1.82, 2.24) is 0 Å². The number of benzene rings is 2. The lowest BCUT2D eigenvalue weighted by molar-refractivity contribution is -0.133. The number of esters is 1. The van der Waals surface area contributed by atoms with Gasteiger partial charge in [-0.05, 0) is 28.8 Å². The highest BCUT2D eigenvalue weighted by Crippen LogP contribution is 2.22. The molecule has 0 radical (unpaired) electrons. The molecular formula is C21H19ClO3. The van der Waals surface area contributed by atoms with Gasteiger partial charge in [0.1, 0.15) is 5.57 Å². The molecule has 0 aliphatic rings. The third-order valence-corrected chi connectivity index (χ3v) is 3.69. The molecule has 0 saturated heterocycles. The molecule has 0 atom stereocenters. The number of carbonyl (C=O) groups is 1. The zero-order chi connectivity index (χ0) is 18.1. The maximum Gasteiger partial charge on any atom is 0.341 e. The van der Waals surface area contributed by atoms with Crippen molar-refractivity contribution in [2.75, 3.05) is 14.2 Å². The van der Waals surface area contributed by atoms with Gasteiger partial charge in [-0.1, -0.05) is 72.3 Å². The largest absolute Gasteiger partial charge is 0.503 e. The highest BCUT2D eigenvalue weighted by atomic mass is 35.5. The van der Waals surface area contributed by atoms with Gasteiger partial charge in [0, 0.05) is 5.02 Å². The number of carbonyl (C=O) groups excluding carboxylic acids is 1. The summed E-state index contributed by atoms with van der Waals surface area (Å²) in [7, 11) is 2.84. The molecule has 0 heterocycles. The summed E-state index contributed by atoms with van der Waals surface area (Å²) in [5, 5.41) is 0.710. The van der Waals surface area contributed by atoms with Crippen molar-refractivity contribution in [1.29, 1.82) is 0 Å². The number of hydrogen-bond acceptors (Lipinski definition) is 3. The standard InChI is InChI=1S/C21H19ClO3/c1-24-15-20(21(23)25-2)19-10-6-5-9-17(19)8-4-3-7-16-11-13-18(22)14-12-16/h3-15H,1-2H3/b7-3+,8-4+,20-15+. The molecule has 0 spiro atoms. The van der Waals surface area contributed by atoms with Crippen LogP contribution in [0.25, 0.3) is 17.7 Å². The van der Waals surface area contributed by atoms with Gasteiger partial charge < -0.3 is 9.47 Å². The van der Waals surface area contributed by atoms with Crippen LogP contribution in [-0.2, 0) is 14.3 Å². The fraction of sp³-hybridized carbons (Fsp3) is 0.0952. The lowest BCUT2D eigenvalue weighted by Gasteiger charge is -2.08. The summed E-state index contributed by atoms with van der Waals surface area (Å²) in [6.45, 7) is 0. The molecule has 0 aromatic heterocycles. The van der Waals surface area contributed by atoms with Crippen molar-refractivity contribution in [3.8, 4) is 0 Å². The zero-order valence-corrected chi connectivity index (χ0v) is 14.9. The van der Waals surface area contributed by atoms with Crippen LogP contribution >= 0.6 is 11.6 Å². The minimum atomic E-state index is -0.445. The van der Waals surface area contributed by atoms with Gasteiger partial charge in [0.25, 0.3) is 0 Å². The lowest BCUT2D eigenvalue weighted by Crippen LogP contribution is -2.05. The normalized spacial score (nSPS) is 11.9. The molecular weight excluding hydrogens is 336 g/mol. The average molecular weight is 355 g/mol. The Hall–Kier alpha value is -2.78. The number of ether oxygens (including phenoxy) is 2. The van der Waals surface area contributed by atoms with Gasteiger partial charge in [0.15, 0.2) is 0 Å². The van der Waals surface area contributed by atoms with E-state index in [4.69, 9.17) is 21.1 Å². The van der Waals surface area contributed by atoms with Crippen LogP contribution in [0.3, 0.4) is 0 Å².